The highest BCUT2D eigenvalue weighted by Gasteiger charge is 2.22. The molecule has 1 fully saturated rings. The van der Waals surface area contributed by atoms with E-state index in [9.17, 15) is 4.79 Å². The van der Waals surface area contributed by atoms with Gasteiger partial charge in [0.1, 0.15) is 6.33 Å². The van der Waals surface area contributed by atoms with Gasteiger partial charge in [-0.15, -0.1) is 5.10 Å². The standard InChI is InChI=1S/C12H13ClN6O/c13-9-4-3-8(19-7-15-17-18-19)6-11(9)16-12(20)10-2-1-5-14-10/h3-4,6-7,10,14H,1-2,5H2,(H,16,20). The lowest BCUT2D eigenvalue weighted by atomic mass is 10.2. The van der Waals surface area contributed by atoms with Gasteiger partial charge < -0.3 is 10.6 Å². The highest BCUT2D eigenvalue weighted by atomic mass is 35.5. The minimum atomic E-state index is -0.150. The van der Waals surface area contributed by atoms with Crippen LogP contribution in [0.25, 0.3) is 5.69 Å². The van der Waals surface area contributed by atoms with E-state index in [4.69, 9.17) is 11.6 Å². The van der Waals surface area contributed by atoms with Crippen LogP contribution in [0.15, 0.2) is 24.5 Å². The van der Waals surface area contributed by atoms with E-state index >= 15 is 0 Å². The molecule has 2 aromatic rings. The minimum absolute atomic E-state index is 0.0711. The summed E-state index contributed by atoms with van der Waals surface area (Å²) in [5.74, 6) is -0.0711. The van der Waals surface area contributed by atoms with E-state index in [1.807, 2.05) is 0 Å². The Morgan fingerprint density at radius 3 is 3.10 bits per heavy atom. The fourth-order valence-corrected chi connectivity index (χ4v) is 2.32. The average Bonchev–Trinajstić information content (AvgIpc) is 3.14. The van der Waals surface area contributed by atoms with Crippen molar-refractivity contribution >= 4 is 23.2 Å². The van der Waals surface area contributed by atoms with Gasteiger partial charge in [-0.05, 0) is 48.0 Å². The second-order valence-corrected chi connectivity index (χ2v) is 4.96. The summed E-state index contributed by atoms with van der Waals surface area (Å²) in [5.41, 5.74) is 1.28. The van der Waals surface area contributed by atoms with Crippen LogP contribution >= 0.6 is 11.6 Å². The summed E-state index contributed by atoms with van der Waals surface area (Å²) in [6.45, 7) is 0.872. The van der Waals surface area contributed by atoms with Crippen molar-refractivity contribution in [3.05, 3.63) is 29.5 Å². The molecule has 1 amide bonds. The van der Waals surface area contributed by atoms with Crippen LogP contribution in [-0.2, 0) is 4.79 Å². The number of amides is 1. The Bertz CT molecular complexity index is 608. The number of anilines is 1. The molecule has 20 heavy (non-hydrogen) atoms. The van der Waals surface area contributed by atoms with Crippen molar-refractivity contribution in [3.63, 3.8) is 0 Å². The van der Waals surface area contributed by atoms with Crippen molar-refractivity contribution in [2.24, 2.45) is 0 Å². The molecular formula is C12H13ClN6O. The molecule has 0 saturated carbocycles. The molecule has 1 saturated heterocycles. The number of carbonyl (C=O) groups excluding carboxylic acids is 1. The third-order valence-corrected chi connectivity index (χ3v) is 3.53. The van der Waals surface area contributed by atoms with Gasteiger partial charge in [-0.1, -0.05) is 11.6 Å². The molecule has 1 atom stereocenters. The highest BCUT2D eigenvalue weighted by molar-refractivity contribution is 6.33. The number of hydrogen-bond acceptors (Lipinski definition) is 5. The number of carbonyl (C=O) groups is 1. The van der Waals surface area contributed by atoms with Crippen LogP contribution in [0.5, 0.6) is 0 Å². The van der Waals surface area contributed by atoms with Crippen LogP contribution in [0.1, 0.15) is 12.8 Å². The van der Waals surface area contributed by atoms with E-state index in [1.165, 1.54) is 11.0 Å². The normalized spacial score (nSPS) is 18.1. The predicted octanol–water partition coefficient (Wildman–Crippen LogP) is 1.01. The first-order chi connectivity index (χ1) is 9.74. The smallest absolute Gasteiger partial charge is 0.241 e. The van der Waals surface area contributed by atoms with Crippen molar-refractivity contribution in [3.8, 4) is 5.69 Å². The Balaban J connectivity index is 1.81. The van der Waals surface area contributed by atoms with Gasteiger partial charge in [-0.25, -0.2) is 4.68 Å². The maximum absolute atomic E-state index is 12.1. The van der Waals surface area contributed by atoms with E-state index in [0.29, 0.717) is 10.7 Å². The lowest BCUT2D eigenvalue weighted by Crippen LogP contribution is -2.35. The largest absolute Gasteiger partial charge is 0.323 e. The van der Waals surface area contributed by atoms with Crippen LogP contribution in [-0.4, -0.2) is 38.7 Å². The van der Waals surface area contributed by atoms with Crippen molar-refractivity contribution in [1.82, 2.24) is 25.5 Å². The molecule has 7 nitrogen and oxygen atoms in total. The molecule has 0 spiro atoms. The number of aromatic nitrogens is 4. The lowest BCUT2D eigenvalue weighted by molar-refractivity contribution is -0.117. The van der Waals surface area contributed by atoms with Gasteiger partial charge in [0.05, 0.1) is 22.4 Å². The number of halogens is 1. The Hall–Kier alpha value is -1.99. The fraction of sp³-hybridized carbons (Fsp3) is 0.333. The molecule has 3 rings (SSSR count). The summed E-state index contributed by atoms with van der Waals surface area (Å²) in [5, 5.41) is 17.4. The Labute approximate surface area is 120 Å². The third kappa shape index (κ3) is 2.63. The number of tetrazole rings is 1. The zero-order valence-electron chi connectivity index (χ0n) is 10.6. The van der Waals surface area contributed by atoms with Crippen molar-refractivity contribution in [2.45, 2.75) is 18.9 Å². The zero-order valence-corrected chi connectivity index (χ0v) is 11.3. The summed E-state index contributed by atoms with van der Waals surface area (Å²) in [4.78, 5) is 12.1. The van der Waals surface area contributed by atoms with Gasteiger partial charge >= 0.3 is 0 Å². The predicted molar refractivity (Wildman–Crippen MR) is 73.8 cm³/mol. The molecule has 2 heterocycles. The maximum atomic E-state index is 12.1. The first kappa shape index (κ1) is 13.0. The molecule has 1 aliphatic rings. The van der Waals surface area contributed by atoms with Crippen LogP contribution in [0.4, 0.5) is 5.69 Å². The molecule has 1 aromatic carbocycles. The lowest BCUT2D eigenvalue weighted by Gasteiger charge is -2.13. The topological polar surface area (TPSA) is 84.7 Å². The van der Waals surface area contributed by atoms with Gasteiger partial charge in [0, 0.05) is 0 Å². The van der Waals surface area contributed by atoms with Crippen LogP contribution in [0.3, 0.4) is 0 Å². The fourth-order valence-electron chi connectivity index (χ4n) is 2.16. The summed E-state index contributed by atoms with van der Waals surface area (Å²) < 4.78 is 1.50. The molecule has 1 unspecified atom stereocenters. The number of rotatable bonds is 3. The highest BCUT2D eigenvalue weighted by Crippen LogP contribution is 2.25. The van der Waals surface area contributed by atoms with E-state index in [1.54, 1.807) is 18.2 Å². The average molecular weight is 293 g/mol. The number of benzene rings is 1. The van der Waals surface area contributed by atoms with Crippen molar-refractivity contribution < 1.29 is 4.79 Å². The summed E-state index contributed by atoms with van der Waals surface area (Å²) in [6.07, 6.45) is 3.33. The van der Waals surface area contributed by atoms with Gasteiger partial charge in [0.15, 0.2) is 0 Å². The molecule has 0 aliphatic carbocycles. The minimum Gasteiger partial charge on any atom is -0.323 e. The molecular weight excluding hydrogens is 280 g/mol. The molecule has 8 heteroatoms. The van der Waals surface area contributed by atoms with Crippen LogP contribution in [0.2, 0.25) is 5.02 Å². The number of hydrogen-bond donors (Lipinski definition) is 2. The molecule has 1 aromatic heterocycles. The number of nitrogens with one attached hydrogen (secondary N) is 2. The van der Waals surface area contributed by atoms with Gasteiger partial charge in [-0.2, -0.15) is 0 Å². The monoisotopic (exact) mass is 292 g/mol. The van der Waals surface area contributed by atoms with Crippen LogP contribution < -0.4 is 10.6 Å². The van der Waals surface area contributed by atoms with E-state index < -0.39 is 0 Å². The Kier molecular flexibility index (Phi) is 3.62. The SMILES string of the molecule is O=C(Nc1cc(-n2cnnn2)ccc1Cl)C1CCCN1. The zero-order chi connectivity index (χ0) is 13.9. The first-order valence-corrected chi connectivity index (χ1v) is 6.69. The number of nitrogens with zero attached hydrogens (tertiary/aromatic N) is 4. The molecule has 104 valence electrons. The molecule has 2 N–H and O–H groups in total. The summed E-state index contributed by atoms with van der Waals surface area (Å²) >= 11 is 6.11. The molecule has 0 bridgehead atoms. The van der Waals surface area contributed by atoms with E-state index in [-0.39, 0.29) is 11.9 Å². The Morgan fingerprint density at radius 1 is 1.50 bits per heavy atom. The van der Waals surface area contributed by atoms with Gasteiger partial charge in [0.2, 0.25) is 5.91 Å². The second kappa shape index (κ2) is 5.56. The maximum Gasteiger partial charge on any atom is 0.241 e. The van der Waals surface area contributed by atoms with Crippen molar-refractivity contribution in [2.75, 3.05) is 11.9 Å². The quantitative estimate of drug-likeness (QED) is 0.882. The van der Waals surface area contributed by atoms with Gasteiger partial charge in [-0.3, -0.25) is 4.79 Å². The molecule has 1 aliphatic heterocycles. The molecule has 0 radical (unpaired) electrons. The third-order valence-electron chi connectivity index (χ3n) is 3.20. The second-order valence-electron chi connectivity index (χ2n) is 4.56. The van der Waals surface area contributed by atoms with Gasteiger partial charge in [0.25, 0.3) is 0 Å². The summed E-state index contributed by atoms with van der Waals surface area (Å²) in [6, 6.07) is 5.08. The Morgan fingerprint density at radius 2 is 2.40 bits per heavy atom. The summed E-state index contributed by atoms with van der Waals surface area (Å²) in [7, 11) is 0. The van der Waals surface area contributed by atoms with E-state index in [2.05, 4.69) is 26.2 Å². The van der Waals surface area contributed by atoms with Crippen LogP contribution in [0, 0.1) is 0 Å². The first-order valence-electron chi connectivity index (χ1n) is 6.31. The van der Waals surface area contributed by atoms with E-state index in [0.717, 1.165) is 25.1 Å². The van der Waals surface area contributed by atoms with Crippen molar-refractivity contribution in [1.29, 1.82) is 0 Å².